The lowest BCUT2D eigenvalue weighted by Crippen LogP contribution is -2.40. The summed E-state index contributed by atoms with van der Waals surface area (Å²) in [6, 6.07) is 5.94. The van der Waals surface area contributed by atoms with Crippen LogP contribution in [0.25, 0.3) is 0 Å². The van der Waals surface area contributed by atoms with E-state index in [2.05, 4.69) is 40.3 Å². The monoisotopic (exact) mass is 428 g/mol. The lowest BCUT2D eigenvalue weighted by Gasteiger charge is -2.36. The zero-order valence-electron chi connectivity index (χ0n) is 17.9. The third-order valence-electron chi connectivity index (χ3n) is 5.80. The van der Waals surface area contributed by atoms with E-state index in [9.17, 15) is 0 Å². The number of nitrogens with zero attached hydrogens (tertiary/aromatic N) is 4. The second kappa shape index (κ2) is 9.64. The van der Waals surface area contributed by atoms with E-state index in [1.54, 1.807) is 6.26 Å². The van der Waals surface area contributed by atoms with Crippen LogP contribution in [-0.4, -0.2) is 41.3 Å². The second-order valence-corrected chi connectivity index (χ2v) is 9.10. The van der Waals surface area contributed by atoms with Gasteiger partial charge in [-0.3, -0.25) is 0 Å². The van der Waals surface area contributed by atoms with E-state index in [0.717, 1.165) is 43.6 Å². The maximum Gasteiger partial charge on any atom is 0.232 e. The van der Waals surface area contributed by atoms with Gasteiger partial charge in [0.1, 0.15) is 17.4 Å². The van der Waals surface area contributed by atoms with E-state index in [0.29, 0.717) is 29.4 Å². The quantitative estimate of drug-likeness (QED) is 0.692. The van der Waals surface area contributed by atoms with Crippen LogP contribution < -0.4 is 20.4 Å². The molecular weight excluding hydrogens is 396 g/mol. The SMILES string of the molecule is C[C@H]1C[C@H](C)CN(c2cc(N3CCCCC3)nc(NC(=S)NCc3ccco3)n2)C1. The van der Waals surface area contributed by atoms with Crippen LogP contribution >= 0.6 is 12.2 Å². The third-order valence-corrected chi connectivity index (χ3v) is 6.05. The molecule has 30 heavy (non-hydrogen) atoms. The number of aromatic nitrogens is 2. The molecule has 0 saturated carbocycles. The molecule has 0 unspecified atom stereocenters. The summed E-state index contributed by atoms with van der Waals surface area (Å²) in [6.45, 7) is 9.32. The molecule has 8 heteroatoms. The predicted octanol–water partition coefficient (Wildman–Crippen LogP) is 4.03. The smallest absolute Gasteiger partial charge is 0.232 e. The Morgan fingerprint density at radius 1 is 1.10 bits per heavy atom. The highest BCUT2D eigenvalue weighted by molar-refractivity contribution is 7.80. The molecule has 0 bridgehead atoms. The van der Waals surface area contributed by atoms with Gasteiger partial charge in [-0.1, -0.05) is 13.8 Å². The highest BCUT2D eigenvalue weighted by Gasteiger charge is 2.25. The van der Waals surface area contributed by atoms with E-state index >= 15 is 0 Å². The first-order chi connectivity index (χ1) is 14.6. The van der Waals surface area contributed by atoms with Crippen molar-refractivity contribution in [1.82, 2.24) is 15.3 Å². The summed E-state index contributed by atoms with van der Waals surface area (Å²) in [5, 5.41) is 6.85. The van der Waals surface area contributed by atoms with Gasteiger partial charge in [-0.15, -0.1) is 0 Å². The maximum absolute atomic E-state index is 5.47. The van der Waals surface area contributed by atoms with Crippen molar-refractivity contribution < 1.29 is 4.42 Å². The van der Waals surface area contributed by atoms with E-state index in [1.165, 1.54) is 25.7 Å². The van der Waals surface area contributed by atoms with Gasteiger partial charge in [0.15, 0.2) is 5.11 Å². The van der Waals surface area contributed by atoms with Gasteiger partial charge in [0, 0.05) is 32.2 Å². The predicted molar refractivity (Wildman–Crippen MR) is 125 cm³/mol. The molecule has 0 aliphatic carbocycles. The van der Waals surface area contributed by atoms with Crippen molar-refractivity contribution >= 4 is 34.9 Å². The van der Waals surface area contributed by atoms with E-state index in [1.807, 2.05) is 12.1 Å². The number of rotatable bonds is 5. The highest BCUT2D eigenvalue weighted by Crippen LogP contribution is 2.29. The molecule has 2 aliphatic heterocycles. The normalized spacial score (nSPS) is 22.1. The largest absolute Gasteiger partial charge is 0.467 e. The van der Waals surface area contributed by atoms with Gasteiger partial charge in [-0.25, -0.2) is 0 Å². The number of thiocarbonyl (C=S) groups is 1. The molecule has 7 nitrogen and oxygen atoms in total. The number of furan rings is 1. The van der Waals surface area contributed by atoms with Crippen LogP contribution in [0.3, 0.4) is 0 Å². The van der Waals surface area contributed by atoms with Gasteiger partial charge in [-0.2, -0.15) is 9.97 Å². The van der Waals surface area contributed by atoms with Gasteiger partial charge >= 0.3 is 0 Å². The number of nitrogens with one attached hydrogen (secondary N) is 2. The van der Waals surface area contributed by atoms with Crippen LogP contribution in [0.4, 0.5) is 17.6 Å². The van der Waals surface area contributed by atoms with E-state index in [-0.39, 0.29) is 0 Å². The van der Waals surface area contributed by atoms with Gasteiger partial charge < -0.3 is 24.9 Å². The topological polar surface area (TPSA) is 69.5 Å². The van der Waals surface area contributed by atoms with Gasteiger partial charge in [0.05, 0.1) is 12.8 Å². The summed E-state index contributed by atoms with van der Waals surface area (Å²) in [6.07, 6.45) is 6.64. The Balaban J connectivity index is 1.52. The lowest BCUT2D eigenvalue weighted by molar-refractivity contribution is 0.355. The summed E-state index contributed by atoms with van der Waals surface area (Å²) in [4.78, 5) is 14.4. The van der Waals surface area contributed by atoms with Crippen LogP contribution in [0, 0.1) is 11.8 Å². The molecule has 0 amide bonds. The Morgan fingerprint density at radius 2 is 1.80 bits per heavy atom. The van der Waals surface area contributed by atoms with Crippen molar-refractivity contribution in [2.45, 2.75) is 46.1 Å². The number of piperidine rings is 2. The first kappa shape index (κ1) is 20.9. The molecule has 162 valence electrons. The molecule has 4 heterocycles. The Kier molecular flexibility index (Phi) is 6.72. The minimum atomic E-state index is 0.494. The molecule has 2 aliphatic rings. The molecule has 2 aromatic rings. The molecule has 2 aromatic heterocycles. The molecular formula is C22H32N6OS. The van der Waals surface area contributed by atoms with Crippen molar-refractivity contribution in [3.8, 4) is 0 Å². The summed E-state index contributed by atoms with van der Waals surface area (Å²) < 4.78 is 5.36. The average molecular weight is 429 g/mol. The fourth-order valence-electron chi connectivity index (χ4n) is 4.50. The average Bonchev–Trinajstić information content (AvgIpc) is 3.26. The highest BCUT2D eigenvalue weighted by atomic mass is 32.1. The molecule has 2 N–H and O–H groups in total. The van der Waals surface area contributed by atoms with E-state index < -0.39 is 0 Å². The summed E-state index contributed by atoms with van der Waals surface area (Å²) >= 11 is 5.47. The Bertz CT molecular complexity index is 826. The van der Waals surface area contributed by atoms with Crippen molar-refractivity contribution in [1.29, 1.82) is 0 Å². The second-order valence-electron chi connectivity index (χ2n) is 8.69. The Hall–Kier alpha value is -2.35. The Morgan fingerprint density at radius 3 is 2.47 bits per heavy atom. The fourth-order valence-corrected chi connectivity index (χ4v) is 4.66. The maximum atomic E-state index is 5.47. The van der Waals surface area contributed by atoms with E-state index in [4.69, 9.17) is 26.6 Å². The molecule has 2 saturated heterocycles. The van der Waals surface area contributed by atoms with Crippen LogP contribution in [0.2, 0.25) is 0 Å². The Labute approximate surface area is 184 Å². The van der Waals surface area contributed by atoms with Crippen LogP contribution in [0.5, 0.6) is 0 Å². The minimum absolute atomic E-state index is 0.494. The standard InChI is InChI=1S/C22H32N6OS/c1-16-11-17(2)15-28(14-16)20-12-19(27-8-4-3-5-9-27)24-21(25-20)26-22(30)23-13-18-7-6-10-29-18/h6-7,10,12,16-17H,3-5,8-9,11,13-15H2,1-2H3,(H2,23,24,25,26,30)/t16-,17-/m0/s1. The third kappa shape index (κ3) is 5.41. The molecule has 0 spiro atoms. The van der Waals surface area contributed by atoms with Crippen LogP contribution in [-0.2, 0) is 6.54 Å². The summed E-state index contributed by atoms with van der Waals surface area (Å²) in [5.74, 6) is 4.68. The molecule has 0 aromatic carbocycles. The van der Waals surface area contributed by atoms with Crippen molar-refractivity contribution in [2.24, 2.45) is 11.8 Å². The minimum Gasteiger partial charge on any atom is -0.467 e. The summed E-state index contributed by atoms with van der Waals surface area (Å²) in [7, 11) is 0. The zero-order chi connectivity index (χ0) is 20.9. The van der Waals surface area contributed by atoms with Gasteiger partial charge in [-0.05, 0) is 61.9 Å². The van der Waals surface area contributed by atoms with Crippen LogP contribution in [0.1, 0.15) is 45.3 Å². The molecule has 0 radical (unpaired) electrons. The first-order valence-corrected chi connectivity index (χ1v) is 11.4. The van der Waals surface area contributed by atoms with Gasteiger partial charge in [0.2, 0.25) is 5.95 Å². The zero-order valence-corrected chi connectivity index (χ0v) is 18.7. The number of anilines is 3. The van der Waals surface area contributed by atoms with Crippen molar-refractivity contribution in [3.63, 3.8) is 0 Å². The van der Waals surface area contributed by atoms with Gasteiger partial charge in [0.25, 0.3) is 0 Å². The van der Waals surface area contributed by atoms with Crippen LogP contribution in [0.15, 0.2) is 28.9 Å². The lowest BCUT2D eigenvalue weighted by atomic mass is 9.92. The first-order valence-electron chi connectivity index (χ1n) is 11.0. The van der Waals surface area contributed by atoms with Crippen molar-refractivity contribution in [2.75, 3.05) is 41.3 Å². The molecule has 2 atom stereocenters. The molecule has 2 fully saturated rings. The fraction of sp³-hybridized carbons (Fsp3) is 0.591. The number of hydrogen-bond donors (Lipinski definition) is 2. The number of hydrogen-bond acceptors (Lipinski definition) is 6. The summed E-state index contributed by atoms with van der Waals surface area (Å²) in [5.41, 5.74) is 0. The van der Waals surface area contributed by atoms with Crippen molar-refractivity contribution in [3.05, 3.63) is 30.2 Å². The molecule has 4 rings (SSSR count).